The van der Waals surface area contributed by atoms with Crippen LogP contribution in [0.3, 0.4) is 0 Å². The van der Waals surface area contributed by atoms with Crippen LogP contribution in [-0.2, 0) is 0 Å². The van der Waals surface area contributed by atoms with Crippen LogP contribution in [0.25, 0.3) is 0 Å². The van der Waals surface area contributed by atoms with Crippen LogP contribution in [0.4, 0.5) is 0 Å². The molecule has 1 saturated heterocycles. The fourth-order valence-corrected chi connectivity index (χ4v) is 3.51. The first-order valence-electron chi connectivity index (χ1n) is 7.07. The van der Waals surface area contributed by atoms with Gasteiger partial charge in [0.05, 0.1) is 0 Å². The molecule has 1 heterocycles. The molecule has 0 aromatic carbocycles. The third-order valence-electron chi connectivity index (χ3n) is 4.79. The minimum atomic E-state index is 0.537. The Labute approximate surface area is 102 Å². The minimum Gasteiger partial charge on any atom is -0.306 e. The largest absolute Gasteiger partial charge is 0.306 e. The topological polar surface area (TPSA) is 3.24 Å². The lowest BCUT2D eigenvalue weighted by Gasteiger charge is -2.52. The third kappa shape index (κ3) is 3.00. The smallest absolute Gasteiger partial charge is 0.00165 e. The fraction of sp³-hybridized carbons (Fsp3) is 1.00. The van der Waals surface area contributed by atoms with Crippen molar-refractivity contribution in [1.29, 1.82) is 0 Å². The SMILES string of the molecule is CN1CCC2(CC1)CC(CCC(C)(C)C)C2. The molecule has 1 nitrogen and oxygen atoms in total. The molecule has 0 aromatic heterocycles. The van der Waals surface area contributed by atoms with Crippen molar-refractivity contribution in [3.8, 4) is 0 Å². The Morgan fingerprint density at radius 3 is 2.19 bits per heavy atom. The van der Waals surface area contributed by atoms with Crippen molar-refractivity contribution < 1.29 is 0 Å². The van der Waals surface area contributed by atoms with Crippen LogP contribution in [0.15, 0.2) is 0 Å². The van der Waals surface area contributed by atoms with E-state index in [0.717, 1.165) is 11.3 Å². The van der Waals surface area contributed by atoms with Gasteiger partial charge in [-0.3, -0.25) is 0 Å². The highest BCUT2D eigenvalue weighted by Gasteiger charge is 2.44. The molecule has 0 atom stereocenters. The lowest BCUT2D eigenvalue weighted by atomic mass is 9.56. The number of piperidine rings is 1. The number of nitrogens with zero attached hydrogens (tertiary/aromatic N) is 1. The Hall–Kier alpha value is -0.0400. The normalized spacial score (nSPS) is 27.0. The zero-order valence-corrected chi connectivity index (χ0v) is 11.7. The molecule has 0 amide bonds. The molecule has 94 valence electrons. The summed E-state index contributed by atoms with van der Waals surface area (Å²) in [6.07, 6.45) is 8.90. The van der Waals surface area contributed by atoms with Crippen molar-refractivity contribution in [3.63, 3.8) is 0 Å². The fourth-order valence-electron chi connectivity index (χ4n) is 3.51. The van der Waals surface area contributed by atoms with E-state index in [-0.39, 0.29) is 0 Å². The van der Waals surface area contributed by atoms with Crippen molar-refractivity contribution in [1.82, 2.24) is 4.90 Å². The molecule has 1 heteroatoms. The zero-order chi connectivity index (χ0) is 11.8. The minimum absolute atomic E-state index is 0.537. The monoisotopic (exact) mass is 223 g/mol. The highest BCUT2D eigenvalue weighted by Crippen LogP contribution is 2.54. The Bertz CT molecular complexity index is 222. The summed E-state index contributed by atoms with van der Waals surface area (Å²) in [5.41, 5.74) is 1.32. The summed E-state index contributed by atoms with van der Waals surface area (Å²) >= 11 is 0. The van der Waals surface area contributed by atoms with Gasteiger partial charge in [-0.15, -0.1) is 0 Å². The van der Waals surface area contributed by atoms with Crippen LogP contribution in [0, 0.1) is 16.7 Å². The van der Waals surface area contributed by atoms with Crippen molar-refractivity contribution in [2.45, 2.75) is 59.3 Å². The summed E-state index contributed by atoms with van der Waals surface area (Å²) in [5.74, 6) is 1.06. The van der Waals surface area contributed by atoms with Gasteiger partial charge in [0.2, 0.25) is 0 Å². The summed E-state index contributed by atoms with van der Waals surface area (Å²) in [7, 11) is 2.27. The molecule has 0 bridgehead atoms. The highest BCUT2D eigenvalue weighted by atomic mass is 15.1. The highest BCUT2D eigenvalue weighted by molar-refractivity contribution is 4.96. The Balaban J connectivity index is 1.69. The van der Waals surface area contributed by atoms with Crippen molar-refractivity contribution in [2.24, 2.45) is 16.7 Å². The van der Waals surface area contributed by atoms with Crippen LogP contribution in [0.5, 0.6) is 0 Å². The van der Waals surface area contributed by atoms with Crippen LogP contribution < -0.4 is 0 Å². The number of hydrogen-bond acceptors (Lipinski definition) is 1. The predicted octanol–water partition coefficient (Wildman–Crippen LogP) is 3.93. The molecule has 0 aromatic rings. The first kappa shape index (κ1) is 12.4. The molecule has 1 aliphatic carbocycles. The Kier molecular flexibility index (Phi) is 3.36. The van der Waals surface area contributed by atoms with Gasteiger partial charge in [-0.2, -0.15) is 0 Å². The maximum Gasteiger partial charge on any atom is -0.00165 e. The van der Waals surface area contributed by atoms with Crippen LogP contribution >= 0.6 is 0 Å². The second kappa shape index (κ2) is 4.33. The van der Waals surface area contributed by atoms with Crippen LogP contribution in [-0.4, -0.2) is 25.0 Å². The van der Waals surface area contributed by atoms with E-state index < -0.39 is 0 Å². The molecular weight excluding hydrogens is 194 g/mol. The molecule has 0 radical (unpaired) electrons. The van der Waals surface area contributed by atoms with E-state index in [1.54, 1.807) is 0 Å². The van der Waals surface area contributed by atoms with E-state index in [4.69, 9.17) is 0 Å². The molecule has 2 fully saturated rings. The van der Waals surface area contributed by atoms with Gasteiger partial charge in [0, 0.05) is 0 Å². The third-order valence-corrected chi connectivity index (χ3v) is 4.79. The van der Waals surface area contributed by atoms with Crippen molar-refractivity contribution in [2.75, 3.05) is 20.1 Å². The molecule has 1 saturated carbocycles. The molecule has 0 unspecified atom stereocenters. The van der Waals surface area contributed by atoms with Gasteiger partial charge in [0.1, 0.15) is 0 Å². The van der Waals surface area contributed by atoms with E-state index in [2.05, 4.69) is 32.7 Å². The van der Waals surface area contributed by atoms with Crippen LogP contribution in [0.2, 0.25) is 0 Å². The lowest BCUT2D eigenvalue weighted by Crippen LogP contribution is -2.46. The number of rotatable bonds is 2. The molecule has 0 N–H and O–H groups in total. The molecular formula is C15H29N. The Morgan fingerprint density at radius 2 is 1.69 bits per heavy atom. The van der Waals surface area contributed by atoms with Gasteiger partial charge in [-0.05, 0) is 75.4 Å². The second-order valence-corrected chi connectivity index (χ2v) is 7.68. The van der Waals surface area contributed by atoms with E-state index in [9.17, 15) is 0 Å². The van der Waals surface area contributed by atoms with E-state index >= 15 is 0 Å². The van der Waals surface area contributed by atoms with Gasteiger partial charge < -0.3 is 4.90 Å². The Morgan fingerprint density at radius 1 is 1.12 bits per heavy atom. The maximum atomic E-state index is 2.49. The quantitative estimate of drug-likeness (QED) is 0.685. The van der Waals surface area contributed by atoms with Gasteiger partial charge in [0.25, 0.3) is 0 Å². The van der Waals surface area contributed by atoms with Crippen molar-refractivity contribution >= 4 is 0 Å². The van der Waals surface area contributed by atoms with Gasteiger partial charge in [0.15, 0.2) is 0 Å². The molecule has 16 heavy (non-hydrogen) atoms. The summed E-state index contributed by atoms with van der Waals surface area (Å²) < 4.78 is 0. The average Bonchev–Trinajstić information content (AvgIpc) is 2.13. The lowest BCUT2D eigenvalue weighted by molar-refractivity contribution is -0.0138. The van der Waals surface area contributed by atoms with Gasteiger partial charge in [-0.1, -0.05) is 20.8 Å². The van der Waals surface area contributed by atoms with Gasteiger partial charge in [-0.25, -0.2) is 0 Å². The van der Waals surface area contributed by atoms with E-state index in [1.165, 1.54) is 51.6 Å². The summed E-state index contributed by atoms with van der Waals surface area (Å²) in [6.45, 7) is 9.79. The number of likely N-dealkylation sites (tertiary alicyclic amines) is 1. The standard InChI is InChI=1S/C15H29N/c1-14(2,3)6-5-13-11-15(12-13)7-9-16(4)10-8-15/h13H,5-12H2,1-4H3. The van der Waals surface area contributed by atoms with Crippen LogP contribution in [0.1, 0.15) is 59.3 Å². The van der Waals surface area contributed by atoms with Gasteiger partial charge >= 0.3 is 0 Å². The first-order valence-corrected chi connectivity index (χ1v) is 7.07. The summed E-state index contributed by atoms with van der Waals surface area (Å²) in [5, 5.41) is 0. The molecule has 2 rings (SSSR count). The predicted molar refractivity (Wildman–Crippen MR) is 70.6 cm³/mol. The summed E-state index contributed by atoms with van der Waals surface area (Å²) in [4.78, 5) is 2.49. The molecule has 2 aliphatic rings. The average molecular weight is 223 g/mol. The van der Waals surface area contributed by atoms with E-state index in [0.29, 0.717) is 5.41 Å². The zero-order valence-electron chi connectivity index (χ0n) is 11.7. The van der Waals surface area contributed by atoms with E-state index in [1.807, 2.05) is 0 Å². The number of hydrogen-bond donors (Lipinski definition) is 0. The first-order chi connectivity index (χ1) is 7.39. The molecule has 1 spiro atoms. The maximum absolute atomic E-state index is 2.49. The molecule has 1 aliphatic heterocycles. The van der Waals surface area contributed by atoms with Crippen molar-refractivity contribution in [3.05, 3.63) is 0 Å². The second-order valence-electron chi connectivity index (χ2n) is 7.68. The summed E-state index contributed by atoms with van der Waals surface area (Å²) in [6, 6.07) is 0.